The molecule has 0 aromatic rings. The number of sulfonamides is 1. The van der Waals surface area contributed by atoms with Crippen LogP contribution in [0.2, 0.25) is 0 Å². The van der Waals surface area contributed by atoms with Gasteiger partial charge in [-0.3, -0.25) is 4.79 Å². The van der Waals surface area contributed by atoms with Crippen LogP contribution in [0.4, 0.5) is 0 Å². The molecule has 0 atom stereocenters. The van der Waals surface area contributed by atoms with Gasteiger partial charge in [-0.1, -0.05) is 0 Å². The van der Waals surface area contributed by atoms with E-state index in [4.69, 9.17) is 5.11 Å². The van der Waals surface area contributed by atoms with Crippen molar-refractivity contribution in [3.63, 3.8) is 0 Å². The molecule has 7 nitrogen and oxygen atoms in total. The van der Waals surface area contributed by atoms with Gasteiger partial charge in [-0.15, -0.1) is 0 Å². The Morgan fingerprint density at radius 1 is 1.35 bits per heavy atom. The molecule has 0 aromatic heterocycles. The Labute approximate surface area is 101 Å². The summed E-state index contributed by atoms with van der Waals surface area (Å²) in [6, 6.07) is 0. The summed E-state index contributed by atoms with van der Waals surface area (Å²) in [6.07, 6.45) is 0.693. The van der Waals surface area contributed by atoms with Crippen LogP contribution in [0, 0.1) is 0 Å². The molecule has 3 N–H and O–H groups in total. The molecule has 8 heteroatoms. The third kappa shape index (κ3) is 6.57. The fraction of sp³-hybridized carbons (Fsp3) is 0.889. The van der Waals surface area contributed by atoms with E-state index >= 15 is 0 Å². The molecule has 1 aliphatic rings. The van der Waals surface area contributed by atoms with Crippen LogP contribution in [0.1, 0.15) is 6.42 Å². The molecule has 1 aliphatic heterocycles. The lowest BCUT2D eigenvalue weighted by molar-refractivity contribution is -0.134. The van der Waals surface area contributed by atoms with Crippen LogP contribution in [0.15, 0.2) is 0 Å². The molecule has 0 amide bonds. The van der Waals surface area contributed by atoms with E-state index in [1.807, 2.05) is 0 Å². The van der Waals surface area contributed by atoms with Crippen molar-refractivity contribution >= 4 is 16.0 Å². The van der Waals surface area contributed by atoms with Gasteiger partial charge >= 0.3 is 5.97 Å². The third-order valence-corrected chi connectivity index (χ3v) is 3.77. The Bertz CT molecular complexity index is 338. The Hall–Kier alpha value is -0.700. The van der Waals surface area contributed by atoms with E-state index in [2.05, 4.69) is 14.9 Å². The summed E-state index contributed by atoms with van der Waals surface area (Å²) in [4.78, 5) is 12.5. The first kappa shape index (κ1) is 14.4. The average Bonchev–Trinajstić information content (AvgIpc) is 2.24. The second-order valence-electron chi connectivity index (χ2n) is 3.99. The smallest absolute Gasteiger partial charge is 0.320 e. The molecule has 100 valence electrons. The normalized spacial score (nSPS) is 18.1. The highest BCUT2D eigenvalue weighted by Crippen LogP contribution is 1.94. The predicted molar refractivity (Wildman–Crippen MR) is 63.4 cm³/mol. The van der Waals surface area contributed by atoms with E-state index in [0.29, 0.717) is 13.0 Å². The highest BCUT2D eigenvalue weighted by Gasteiger charge is 2.15. The minimum Gasteiger partial charge on any atom is -0.480 e. The van der Waals surface area contributed by atoms with Gasteiger partial charge in [-0.25, -0.2) is 13.1 Å². The largest absolute Gasteiger partial charge is 0.480 e. The quantitative estimate of drug-likeness (QED) is 0.474. The van der Waals surface area contributed by atoms with Gasteiger partial charge < -0.3 is 15.3 Å². The zero-order chi connectivity index (χ0) is 12.7. The van der Waals surface area contributed by atoms with E-state index in [-0.39, 0.29) is 0 Å². The number of carboxylic acids is 1. The number of carbonyl (C=O) groups is 1. The topological polar surface area (TPSA) is 98.7 Å². The SMILES string of the molecule is O=C(O)CS(=O)(=O)NCCCN1CCNCC1. The number of hydrogen-bond acceptors (Lipinski definition) is 5. The van der Waals surface area contributed by atoms with Crippen molar-refractivity contribution in [2.24, 2.45) is 0 Å². The van der Waals surface area contributed by atoms with E-state index in [1.54, 1.807) is 0 Å². The molecule has 17 heavy (non-hydrogen) atoms. The Kier molecular flexibility index (Phi) is 5.83. The number of rotatable bonds is 7. The van der Waals surface area contributed by atoms with Gasteiger partial charge in [-0.2, -0.15) is 0 Å². The zero-order valence-corrected chi connectivity index (χ0v) is 10.5. The molecule has 1 fully saturated rings. The van der Waals surface area contributed by atoms with Gasteiger partial charge in [0.25, 0.3) is 0 Å². The molecule has 0 aliphatic carbocycles. The van der Waals surface area contributed by atoms with E-state index in [0.717, 1.165) is 32.7 Å². The second-order valence-corrected chi connectivity index (χ2v) is 5.80. The number of nitrogens with zero attached hydrogens (tertiary/aromatic N) is 1. The maximum Gasteiger partial charge on any atom is 0.320 e. The second kappa shape index (κ2) is 6.90. The van der Waals surface area contributed by atoms with Crippen molar-refractivity contribution < 1.29 is 18.3 Å². The van der Waals surface area contributed by atoms with Gasteiger partial charge in [0, 0.05) is 32.7 Å². The summed E-state index contributed by atoms with van der Waals surface area (Å²) in [6.45, 7) is 5.00. The fourth-order valence-corrected chi connectivity index (χ4v) is 2.56. The van der Waals surface area contributed by atoms with Crippen LogP contribution >= 0.6 is 0 Å². The molecule has 1 rings (SSSR count). The van der Waals surface area contributed by atoms with E-state index in [1.165, 1.54) is 0 Å². The van der Waals surface area contributed by atoms with Crippen LogP contribution in [-0.4, -0.2) is 69.4 Å². The number of hydrogen-bond donors (Lipinski definition) is 3. The molecule has 0 bridgehead atoms. The maximum absolute atomic E-state index is 11.2. The number of carboxylic acid groups (broad SMARTS) is 1. The average molecular weight is 265 g/mol. The van der Waals surface area contributed by atoms with Crippen LogP contribution in [0.5, 0.6) is 0 Å². The maximum atomic E-state index is 11.2. The summed E-state index contributed by atoms with van der Waals surface area (Å²) < 4.78 is 24.6. The first-order valence-electron chi connectivity index (χ1n) is 5.62. The molecule has 0 radical (unpaired) electrons. The highest BCUT2D eigenvalue weighted by atomic mass is 32.2. The summed E-state index contributed by atoms with van der Waals surface area (Å²) in [5.41, 5.74) is 0. The minimum absolute atomic E-state index is 0.291. The van der Waals surface area contributed by atoms with Crippen LogP contribution < -0.4 is 10.0 Å². The molecule has 0 unspecified atom stereocenters. The molecule has 0 saturated carbocycles. The molecular weight excluding hydrogens is 246 g/mol. The van der Waals surface area contributed by atoms with Crippen molar-refractivity contribution in [2.75, 3.05) is 45.0 Å². The Morgan fingerprint density at radius 2 is 2.00 bits per heavy atom. The van der Waals surface area contributed by atoms with Crippen LogP contribution in [0.25, 0.3) is 0 Å². The van der Waals surface area contributed by atoms with Gasteiger partial charge in [0.1, 0.15) is 0 Å². The summed E-state index contributed by atoms with van der Waals surface area (Å²) in [5.74, 6) is -2.19. The first-order valence-corrected chi connectivity index (χ1v) is 7.27. The molecule has 0 aromatic carbocycles. The van der Waals surface area contributed by atoms with Crippen molar-refractivity contribution in [2.45, 2.75) is 6.42 Å². The summed E-state index contributed by atoms with van der Waals surface area (Å²) in [7, 11) is -3.66. The van der Waals surface area contributed by atoms with E-state index < -0.39 is 21.7 Å². The fourth-order valence-electron chi connectivity index (χ4n) is 1.68. The van der Waals surface area contributed by atoms with Crippen LogP contribution in [0.3, 0.4) is 0 Å². The van der Waals surface area contributed by atoms with Crippen molar-refractivity contribution in [1.29, 1.82) is 0 Å². The first-order chi connectivity index (χ1) is 7.99. The molecule has 1 saturated heterocycles. The lowest BCUT2D eigenvalue weighted by Gasteiger charge is -2.26. The summed E-state index contributed by atoms with van der Waals surface area (Å²) in [5, 5.41) is 11.6. The van der Waals surface area contributed by atoms with Gasteiger partial charge in [0.15, 0.2) is 5.75 Å². The van der Waals surface area contributed by atoms with Crippen molar-refractivity contribution in [1.82, 2.24) is 14.9 Å². The van der Waals surface area contributed by atoms with Crippen molar-refractivity contribution in [3.05, 3.63) is 0 Å². The summed E-state index contributed by atoms with van der Waals surface area (Å²) >= 11 is 0. The lowest BCUT2D eigenvalue weighted by Crippen LogP contribution is -2.44. The molecule has 0 spiro atoms. The van der Waals surface area contributed by atoms with E-state index in [9.17, 15) is 13.2 Å². The third-order valence-electron chi connectivity index (χ3n) is 2.50. The molecular formula is C9H19N3O4S. The number of aliphatic carboxylic acids is 1. The standard InChI is InChI=1S/C9H19N3O4S/c13-9(14)8-17(15,16)11-2-1-5-12-6-3-10-4-7-12/h10-11H,1-8H2,(H,13,14). The highest BCUT2D eigenvalue weighted by molar-refractivity contribution is 7.90. The van der Waals surface area contributed by atoms with Gasteiger partial charge in [0.05, 0.1) is 0 Å². The number of nitrogens with one attached hydrogen (secondary N) is 2. The van der Waals surface area contributed by atoms with Gasteiger partial charge in [0.2, 0.25) is 10.0 Å². The number of piperazine rings is 1. The minimum atomic E-state index is -3.66. The zero-order valence-electron chi connectivity index (χ0n) is 9.68. The Morgan fingerprint density at radius 3 is 2.59 bits per heavy atom. The predicted octanol–water partition coefficient (Wildman–Crippen LogP) is -1.71. The lowest BCUT2D eigenvalue weighted by atomic mass is 10.3. The van der Waals surface area contributed by atoms with Crippen LogP contribution in [-0.2, 0) is 14.8 Å². The van der Waals surface area contributed by atoms with Crippen molar-refractivity contribution in [3.8, 4) is 0 Å². The monoisotopic (exact) mass is 265 g/mol. The Balaban J connectivity index is 2.12. The molecule has 1 heterocycles. The van der Waals surface area contributed by atoms with Gasteiger partial charge in [-0.05, 0) is 13.0 Å².